The zero-order chi connectivity index (χ0) is 17.6. The lowest BCUT2D eigenvalue weighted by Crippen LogP contribution is -2.30. The van der Waals surface area contributed by atoms with Gasteiger partial charge in [0.05, 0.1) is 18.0 Å². The van der Waals surface area contributed by atoms with Gasteiger partial charge in [0.25, 0.3) is 5.91 Å². The van der Waals surface area contributed by atoms with Gasteiger partial charge < -0.3 is 15.0 Å². The molecule has 1 heterocycles. The van der Waals surface area contributed by atoms with E-state index < -0.39 is 16.9 Å². The molecular formula is C14H20N4O5. The topological polar surface area (TPSA) is 131 Å². The van der Waals surface area contributed by atoms with Gasteiger partial charge in [0.1, 0.15) is 11.3 Å². The number of carbonyl (C=O) groups is 1. The van der Waals surface area contributed by atoms with Crippen molar-refractivity contribution in [1.29, 1.82) is 0 Å². The standard InChI is InChI=1S/C14H20N4O5/c1-5-11(9(3)18(21)22)6-12(16-20)7-15-14(19)13-8(2)17-23-10(13)4/h6,9,20H,5,7H2,1-4H3,(H,15,19)/b11-6+,16-12+. The molecule has 0 aromatic carbocycles. The van der Waals surface area contributed by atoms with Crippen LogP contribution in [0.1, 0.15) is 42.1 Å². The molecule has 2 N–H and O–H groups in total. The molecule has 0 spiro atoms. The number of hydrogen-bond donors (Lipinski definition) is 2. The van der Waals surface area contributed by atoms with Gasteiger partial charge in [-0.3, -0.25) is 14.9 Å². The Morgan fingerprint density at radius 1 is 1.57 bits per heavy atom. The van der Waals surface area contributed by atoms with Gasteiger partial charge in [0.2, 0.25) is 6.04 Å². The van der Waals surface area contributed by atoms with Crippen LogP contribution in [0.4, 0.5) is 0 Å². The fourth-order valence-electron chi connectivity index (χ4n) is 2.05. The number of nitro groups is 1. The Bertz CT molecular complexity index is 628. The molecule has 126 valence electrons. The van der Waals surface area contributed by atoms with E-state index in [-0.39, 0.29) is 12.3 Å². The summed E-state index contributed by atoms with van der Waals surface area (Å²) in [5.74, 6) is -0.0366. The van der Waals surface area contributed by atoms with Gasteiger partial charge >= 0.3 is 0 Å². The third-order valence-corrected chi connectivity index (χ3v) is 3.43. The van der Waals surface area contributed by atoms with Crippen LogP contribution in [0.2, 0.25) is 0 Å². The predicted molar refractivity (Wildman–Crippen MR) is 82.4 cm³/mol. The van der Waals surface area contributed by atoms with E-state index >= 15 is 0 Å². The zero-order valence-electron chi connectivity index (χ0n) is 13.5. The van der Waals surface area contributed by atoms with Gasteiger partial charge in [-0.25, -0.2) is 0 Å². The van der Waals surface area contributed by atoms with Crippen molar-refractivity contribution in [1.82, 2.24) is 10.5 Å². The summed E-state index contributed by atoms with van der Waals surface area (Å²) in [6.45, 7) is 6.40. The Labute approximate surface area is 133 Å². The van der Waals surface area contributed by atoms with E-state index in [1.54, 1.807) is 20.8 Å². The molecule has 1 atom stereocenters. The summed E-state index contributed by atoms with van der Waals surface area (Å²) in [5.41, 5.74) is 1.39. The molecule has 23 heavy (non-hydrogen) atoms. The van der Waals surface area contributed by atoms with E-state index in [2.05, 4.69) is 15.6 Å². The van der Waals surface area contributed by atoms with Crippen molar-refractivity contribution in [3.63, 3.8) is 0 Å². The van der Waals surface area contributed by atoms with Crippen LogP contribution in [0.3, 0.4) is 0 Å². The molecule has 0 aliphatic rings. The maximum atomic E-state index is 12.1. The quantitative estimate of drug-likeness (QED) is 0.340. The van der Waals surface area contributed by atoms with Gasteiger partial charge in [-0.15, -0.1) is 0 Å². The first kappa shape index (κ1) is 18.3. The third-order valence-electron chi connectivity index (χ3n) is 3.43. The average molecular weight is 324 g/mol. The van der Waals surface area contributed by atoms with Crippen molar-refractivity contribution >= 4 is 11.6 Å². The van der Waals surface area contributed by atoms with Crippen molar-refractivity contribution in [2.45, 2.75) is 40.2 Å². The Kier molecular flexibility index (Phi) is 6.43. The van der Waals surface area contributed by atoms with Crippen molar-refractivity contribution in [2.75, 3.05) is 6.54 Å². The van der Waals surface area contributed by atoms with Gasteiger partial charge in [0.15, 0.2) is 0 Å². The van der Waals surface area contributed by atoms with Crippen molar-refractivity contribution in [3.05, 3.63) is 38.8 Å². The Balaban J connectivity index is 2.82. The third kappa shape index (κ3) is 4.63. The molecule has 1 rings (SSSR count). The van der Waals surface area contributed by atoms with Gasteiger partial charge in [-0.2, -0.15) is 0 Å². The molecule has 0 radical (unpaired) electrons. The fraction of sp³-hybridized carbons (Fsp3) is 0.500. The van der Waals surface area contributed by atoms with E-state index in [4.69, 9.17) is 9.73 Å². The summed E-state index contributed by atoms with van der Waals surface area (Å²) < 4.78 is 4.91. The fourth-order valence-corrected chi connectivity index (χ4v) is 2.05. The minimum Gasteiger partial charge on any atom is -0.411 e. The molecule has 1 aromatic heterocycles. The number of oxime groups is 1. The number of nitrogens with zero attached hydrogens (tertiary/aromatic N) is 3. The number of aromatic nitrogens is 1. The average Bonchev–Trinajstić information content (AvgIpc) is 2.85. The van der Waals surface area contributed by atoms with Crippen LogP contribution >= 0.6 is 0 Å². The first-order valence-electron chi connectivity index (χ1n) is 7.07. The summed E-state index contributed by atoms with van der Waals surface area (Å²) in [6.07, 6.45) is 1.85. The molecule has 1 aromatic rings. The molecule has 0 saturated carbocycles. The largest absolute Gasteiger partial charge is 0.411 e. The molecular weight excluding hydrogens is 304 g/mol. The molecule has 9 nitrogen and oxygen atoms in total. The lowest BCUT2D eigenvalue weighted by molar-refractivity contribution is -0.507. The molecule has 0 fully saturated rings. The summed E-state index contributed by atoms with van der Waals surface area (Å²) in [6, 6.07) is -0.894. The maximum absolute atomic E-state index is 12.1. The number of aryl methyl sites for hydroxylation is 2. The second-order valence-corrected chi connectivity index (χ2v) is 5.01. The second-order valence-electron chi connectivity index (χ2n) is 5.01. The highest BCUT2D eigenvalue weighted by Crippen LogP contribution is 2.12. The van der Waals surface area contributed by atoms with Gasteiger partial charge in [-0.1, -0.05) is 17.2 Å². The molecule has 9 heteroatoms. The summed E-state index contributed by atoms with van der Waals surface area (Å²) in [4.78, 5) is 22.5. The lowest BCUT2D eigenvalue weighted by atomic mass is 10.0. The van der Waals surface area contributed by atoms with Gasteiger partial charge in [0, 0.05) is 17.4 Å². The Morgan fingerprint density at radius 3 is 2.65 bits per heavy atom. The van der Waals surface area contributed by atoms with Crippen LogP contribution in [-0.2, 0) is 0 Å². The van der Waals surface area contributed by atoms with E-state index in [9.17, 15) is 14.9 Å². The highest BCUT2D eigenvalue weighted by atomic mass is 16.6. The lowest BCUT2D eigenvalue weighted by Gasteiger charge is -2.08. The molecule has 0 bridgehead atoms. The van der Waals surface area contributed by atoms with Crippen molar-refractivity contribution in [2.24, 2.45) is 5.16 Å². The zero-order valence-corrected chi connectivity index (χ0v) is 13.5. The van der Waals surface area contributed by atoms with Crippen LogP contribution in [-0.4, -0.2) is 39.5 Å². The first-order chi connectivity index (χ1) is 10.8. The Hall–Kier alpha value is -2.71. The van der Waals surface area contributed by atoms with Crippen molar-refractivity contribution in [3.8, 4) is 0 Å². The Morgan fingerprint density at radius 2 is 2.22 bits per heavy atom. The monoisotopic (exact) mass is 324 g/mol. The minimum absolute atomic E-state index is 0.0761. The van der Waals surface area contributed by atoms with E-state index in [1.807, 2.05) is 0 Å². The van der Waals surface area contributed by atoms with Crippen LogP contribution in [0.5, 0.6) is 0 Å². The summed E-state index contributed by atoms with van der Waals surface area (Å²) in [7, 11) is 0. The minimum atomic E-state index is -0.894. The SMILES string of the molecule is CC/C(=C\C(CNC(=O)c1c(C)noc1C)=N/O)C(C)[N+](=O)[O-]. The number of amides is 1. The number of carbonyl (C=O) groups excluding carboxylic acids is 1. The van der Waals surface area contributed by atoms with E-state index in [0.717, 1.165) is 0 Å². The van der Waals surface area contributed by atoms with Crippen molar-refractivity contribution < 1.29 is 19.4 Å². The molecule has 0 aliphatic carbocycles. The predicted octanol–water partition coefficient (Wildman–Crippen LogP) is 1.85. The normalized spacial score (nSPS) is 13.7. The number of rotatable bonds is 7. The van der Waals surface area contributed by atoms with Crippen LogP contribution in [0.25, 0.3) is 0 Å². The summed E-state index contributed by atoms with van der Waals surface area (Å²) in [5, 5.41) is 29.2. The van der Waals surface area contributed by atoms with E-state index in [1.165, 1.54) is 13.0 Å². The van der Waals surface area contributed by atoms with Crippen LogP contribution < -0.4 is 5.32 Å². The highest BCUT2D eigenvalue weighted by Gasteiger charge is 2.20. The number of hydrogen-bond acceptors (Lipinski definition) is 7. The second kappa shape index (κ2) is 8.06. The molecule has 1 unspecified atom stereocenters. The van der Waals surface area contributed by atoms with E-state index in [0.29, 0.717) is 29.0 Å². The molecule has 0 aliphatic heterocycles. The highest BCUT2D eigenvalue weighted by molar-refractivity contribution is 6.02. The smallest absolute Gasteiger partial charge is 0.257 e. The van der Waals surface area contributed by atoms with Gasteiger partial charge in [-0.05, 0) is 26.3 Å². The van der Waals surface area contributed by atoms with Crippen LogP contribution in [0.15, 0.2) is 21.3 Å². The summed E-state index contributed by atoms with van der Waals surface area (Å²) >= 11 is 0. The molecule has 1 amide bonds. The van der Waals surface area contributed by atoms with Crippen LogP contribution in [0, 0.1) is 24.0 Å². The first-order valence-corrected chi connectivity index (χ1v) is 7.07. The maximum Gasteiger partial charge on any atom is 0.257 e. The number of nitrogens with one attached hydrogen (secondary N) is 1. The molecule has 0 saturated heterocycles.